The van der Waals surface area contributed by atoms with Crippen LogP contribution in [0, 0.1) is 0 Å². The molecule has 0 atom stereocenters. The Labute approximate surface area is 125 Å². The number of carbonyl (C=O) groups excluding carboxylic acids is 2. The molecule has 1 aromatic rings. The first-order chi connectivity index (χ1) is 10.0. The first kappa shape index (κ1) is 16.8. The number of ether oxygens (including phenoxy) is 1. The largest absolute Gasteiger partial charge is 0.462 e. The summed E-state index contributed by atoms with van der Waals surface area (Å²) in [6, 6.07) is 4.90. The highest BCUT2D eigenvalue weighted by Crippen LogP contribution is 2.20. The van der Waals surface area contributed by atoms with E-state index in [1.807, 2.05) is 13.8 Å². The van der Waals surface area contributed by atoms with E-state index in [2.05, 4.69) is 5.32 Å². The molecule has 0 fully saturated rings. The molecular weight excluding hydrogens is 270 g/mol. The molecule has 21 heavy (non-hydrogen) atoms. The van der Waals surface area contributed by atoms with Crippen LogP contribution in [0.3, 0.4) is 0 Å². The summed E-state index contributed by atoms with van der Waals surface area (Å²) >= 11 is 0. The number of nitrogens with two attached hydrogens (primary N) is 1. The lowest BCUT2D eigenvalue weighted by atomic mass is 10.1. The fourth-order valence-corrected chi connectivity index (χ4v) is 1.95. The van der Waals surface area contributed by atoms with Gasteiger partial charge in [0.1, 0.15) is 0 Å². The second-order valence-corrected chi connectivity index (χ2v) is 4.45. The van der Waals surface area contributed by atoms with Gasteiger partial charge in [0, 0.05) is 24.5 Å². The van der Waals surface area contributed by atoms with Crippen LogP contribution in [-0.2, 0) is 9.53 Å². The molecule has 6 nitrogen and oxygen atoms in total. The number of hydrogen-bond donors (Lipinski definition) is 2. The monoisotopic (exact) mass is 293 g/mol. The van der Waals surface area contributed by atoms with Crippen LogP contribution in [0.15, 0.2) is 18.2 Å². The van der Waals surface area contributed by atoms with Crippen LogP contribution in [0.2, 0.25) is 0 Å². The van der Waals surface area contributed by atoms with E-state index in [0.29, 0.717) is 30.0 Å². The van der Waals surface area contributed by atoms with Gasteiger partial charge in [-0.3, -0.25) is 4.79 Å². The van der Waals surface area contributed by atoms with Crippen molar-refractivity contribution in [1.82, 2.24) is 4.90 Å². The van der Waals surface area contributed by atoms with Crippen LogP contribution in [-0.4, -0.2) is 43.0 Å². The van der Waals surface area contributed by atoms with Crippen molar-refractivity contribution in [3.8, 4) is 0 Å². The number of benzene rings is 1. The molecule has 0 aliphatic rings. The summed E-state index contributed by atoms with van der Waals surface area (Å²) in [5.41, 5.74) is 7.05. The Kier molecular flexibility index (Phi) is 6.52. The van der Waals surface area contributed by atoms with Crippen molar-refractivity contribution in [3.05, 3.63) is 23.8 Å². The van der Waals surface area contributed by atoms with Gasteiger partial charge in [-0.25, -0.2) is 4.79 Å². The van der Waals surface area contributed by atoms with Crippen LogP contribution in [0.25, 0.3) is 0 Å². The fraction of sp³-hybridized carbons (Fsp3) is 0.467. The number of hydrogen-bond acceptors (Lipinski definition) is 5. The van der Waals surface area contributed by atoms with Gasteiger partial charge in [-0.15, -0.1) is 0 Å². The zero-order chi connectivity index (χ0) is 15.8. The Balaban J connectivity index is 2.83. The van der Waals surface area contributed by atoms with Gasteiger partial charge in [0.25, 0.3) is 0 Å². The van der Waals surface area contributed by atoms with Crippen molar-refractivity contribution in [2.75, 3.05) is 37.3 Å². The number of amides is 1. The Morgan fingerprint density at radius 1 is 1.24 bits per heavy atom. The maximum absolute atomic E-state index is 12.0. The minimum atomic E-state index is -0.456. The van der Waals surface area contributed by atoms with Crippen molar-refractivity contribution >= 4 is 23.3 Å². The third-order valence-electron chi connectivity index (χ3n) is 3.09. The molecule has 0 aromatic heterocycles. The number of rotatable bonds is 7. The number of nitrogens with zero attached hydrogens (tertiary/aromatic N) is 1. The molecule has 1 amide bonds. The summed E-state index contributed by atoms with van der Waals surface area (Å²) in [6.07, 6.45) is 0. The van der Waals surface area contributed by atoms with Crippen molar-refractivity contribution in [3.63, 3.8) is 0 Å². The second-order valence-electron chi connectivity index (χ2n) is 4.45. The van der Waals surface area contributed by atoms with Gasteiger partial charge in [-0.2, -0.15) is 0 Å². The number of esters is 1. The molecular formula is C15H23N3O3. The highest BCUT2D eigenvalue weighted by Gasteiger charge is 2.15. The van der Waals surface area contributed by atoms with Gasteiger partial charge in [0.05, 0.1) is 18.7 Å². The average Bonchev–Trinajstić information content (AvgIpc) is 2.47. The summed E-state index contributed by atoms with van der Waals surface area (Å²) < 4.78 is 4.99. The van der Waals surface area contributed by atoms with E-state index in [1.165, 1.54) is 0 Å². The van der Waals surface area contributed by atoms with E-state index in [-0.39, 0.29) is 19.1 Å². The summed E-state index contributed by atoms with van der Waals surface area (Å²) in [7, 11) is 0. The number of nitrogens with one attached hydrogen (secondary N) is 1. The minimum Gasteiger partial charge on any atom is -0.462 e. The maximum atomic E-state index is 12.0. The molecule has 6 heteroatoms. The number of carbonyl (C=O) groups is 2. The lowest BCUT2D eigenvalue weighted by molar-refractivity contribution is -0.128. The molecule has 3 N–H and O–H groups in total. The third kappa shape index (κ3) is 4.66. The lowest BCUT2D eigenvalue weighted by Gasteiger charge is -2.19. The Morgan fingerprint density at radius 2 is 1.90 bits per heavy atom. The molecule has 0 aliphatic carbocycles. The van der Waals surface area contributed by atoms with E-state index >= 15 is 0 Å². The SMILES string of the molecule is CCOC(=O)c1cc(N)ccc1NCC(=O)N(CC)CC. The van der Waals surface area contributed by atoms with Crippen molar-refractivity contribution in [1.29, 1.82) is 0 Å². The molecule has 1 rings (SSSR count). The Bertz CT molecular complexity index is 499. The van der Waals surface area contributed by atoms with Gasteiger partial charge >= 0.3 is 5.97 Å². The first-order valence-electron chi connectivity index (χ1n) is 7.11. The zero-order valence-electron chi connectivity index (χ0n) is 12.8. The molecule has 0 saturated carbocycles. The van der Waals surface area contributed by atoms with Gasteiger partial charge in [-0.05, 0) is 39.0 Å². The van der Waals surface area contributed by atoms with Crippen LogP contribution in [0.5, 0.6) is 0 Å². The van der Waals surface area contributed by atoms with Crippen molar-refractivity contribution < 1.29 is 14.3 Å². The molecule has 1 aromatic carbocycles. The van der Waals surface area contributed by atoms with Crippen LogP contribution in [0.4, 0.5) is 11.4 Å². The van der Waals surface area contributed by atoms with E-state index in [9.17, 15) is 9.59 Å². The lowest BCUT2D eigenvalue weighted by Crippen LogP contribution is -2.35. The smallest absolute Gasteiger partial charge is 0.340 e. The van der Waals surface area contributed by atoms with Crippen LogP contribution >= 0.6 is 0 Å². The molecule has 0 unspecified atom stereocenters. The fourth-order valence-electron chi connectivity index (χ4n) is 1.95. The van der Waals surface area contributed by atoms with Crippen LogP contribution in [0.1, 0.15) is 31.1 Å². The predicted molar refractivity (Wildman–Crippen MR) is 83.2 cm³/mol. The van der Waals surface area contributed by atoms with Gasteiger partial charge in [-0.1, -0.05) is 0 Å². The molecule has 0 saturated heterocycles. The first-order valence-corrected chi connectivity index (χ1v) is 7.11. The average molecular weight is 293 g/mol. The highest BCUT2D eigenvalue weighted by molar-refractivity contribution is 5.97. The minimum absolute atomic E-state index is 0.0216. The third-order valence-corrected chi connectivity index (χ3v) is 3.09. The number of anilines is 2. The van der Waals surface area contributed by atoms with Crippen molar-refractivity contribution in [2.45, 2.75) is 20.8 Å². The summed E-state index contributed by atoms with van der Waals surface area (Å²) in [5.74, 6) is -0.478. The molecule has 0 aliphatic heterocycles. The summed E-state index contributed by atoms with van der Waals surface area (Å²) in [6.45, 7) is 7.31. The van der Waals surface area contributed by atoms with E-state index < -0.39 is 5.97 Å². The second kappa shape index (κ2) is 8.14. The summed E-state index contributed by atoms with van der Waals surface area (Å²) in [5, 5.41) is 2.98. The van der Waals surface area contributed by atoms with Crippen molar-refractivity contribution in [2.24, 2.45) is 0 Å². The molecule has 0 radical (unpaired) electrons. The standard InChI is InChI=1S/C15H23N3O3/c1-4-18(5-2)14(19)10-17-13-8-7-11(16)9-12(13)15(20)21-6-3/h7-9,17H,4-6,10,16H2,1-3H3. The van der Waals surface area contributed by atoms with Crippen LogP contribution < -0.4 is 11.1 Å². The molecule has 116 valence electrons. The Morgan fingerprint density at radius 3 is 2.48 bits per heavy atom. The van der Waals surface area contributed by atoms with E-state index in [0.717, 1.165) is 0 Å². The highest BCUT2D eigenvalue weighted by atomic mass is 16.5. The molecule has 0 spiro atoms. The normalized spacial score (nSPS) is 10.0. The topological polar surface area (TPSA) is 84.7 Å². The molecule has 0 heterocycles. The maximum Gasteiger partial charge on any atom is 0.340 e. The van der Waals surface area contributed by atoms with Gasteiger partial charge in [0.15, 0.2) is 0 Å². The zero-order valence-corrected chi connectivity index (χ0v) is 12.8. The molecule has 0 bridgehead atoms. The quantitative estimate of drug-likeness (QED) is 0.590. The summed E-state index contributed by atoms with van der Waals surface area (Å²) in [4.78, 5) is 25.6. The Hall–Kier alpha value is -2.24. The number of likely N-dealkylation sites (N-methyl/N-ethyl adjacent to an activating group) is 1. The predicted octanol–water partition coefficient (Wildman–Crippen LogP) is 1.73. The van der Waals surface area contributed by atoms with Gasteiger partial charge < -0.3 is 20.7 Å². The number of nitrogen functional groups attached to an aromatic ring is 1. The van der Waals surface area contributed by atoms with Gasteiger partial charge in [0.2, 0.25) is 5.91 Å². The van der Waals surface area contributed by atoms with E-state index in [1.54, 1.807) is 30.0 Å². The van der Waals surface area contributed by atoms with E-state index in [4.69, 9.17) is 10.5 Å².